The van der Waals surface area contributed by atoms with Crippen LogP contribution in [0.25, 0.3) is 0 Å². The minimum absolute atomic E-state index is 0.126. The van der Waals surface area contributed by atoms with Crippen molar-refractivity contribution in [2.24, 2.45) is 0 Å². The Hall–Kier alpha value is -2.89. The van der Waals surface area contributed by atoms with Gasteiger partial charge in [0.15, 0.2) is 0 Å². The van der Waals surface area contributed by atoms with E-state index in [9.17, 15) is 19.5 Å². The van der Waals surface area contributed by atoms with Crippen LogP contribution in [0, 0.1) is 6.92 Å². The summed E-state index contributed by atoms with van der Waals surface area (Å²) in [7, 11) is 0. The summed E-state index contributed by atoms with van der Waals surface area (Å²) in [6.07, 6.45) is 0.567. The monoisotopic (exact) mass is 354 g/mol. The lowest BCUT2D eigenvalue weighted by Gasteiger charge is -2.25. The minimum Gasteiger partial charge on any atom is -0.481 e. The van der Waals surface area contributed by atoms with E-state index in [2.05, 4.69) is 0 Å². The molecule has 6 nitrogen and oxygen atoms in total. The molecule has 1 saturated heterocycles. The van der Waals surface area contributed by atoms with Crippen LogP contribution in [0.3, 0.4) is 0 Å². The Bertz CT molecular complexity index is 875. The van der Waals surface area contributed by atoms with Crippen LogP contribution >= 0.6 is 0 Å². The molecule has 2 aromatic rings. The Labute approximate surface area is 151 Å². The van der Waals surface area contributed by atoms with Crippen molar-refractivity contribution in [3.8, 4) is 0 Å². The third kappa shape index (κ3) is 3.27. The summed E-state index contributed by atoms with van der Waals surface area (Å²) in [6, 6.07) is 14.1. The van der Waals surface area contributed by atoms with E-state index in [1.54, 1.807) is 27.7 Å². The normalized spacial score (nSPS) is 19.5. The number of pyridine rings is 1. The van der Waals surface area contributed by atoms with Crippen molar-refractivity contribution in [2.75, 3.05) is 13.1 Å². The second kappa shape index (κ2) is 7.15. The van der Waals surface area contributed by atoms with Gasteiger partial charge in [-0.1, -0.05) is 36.4 Å². The van der Waals surface area contributed by atoms with E-state index in [0.29, 0.717) is 19.5 Å². The number of rotatable bonds is 5. The smallest absolute Gasteiger partial charge is 0.316 e. The molecule has 6 heteroatoms. The highest BCUT2D eigenvalue weighted by atomic mass is 16.4. The number of nitrogens with zero attached hydrogens (tertiary/aromatic N) is 2. The van der Waals surface area contributed by atoms with Crippen molar-refractivity contribution in [1.82, 2.24) is 9.47 Å². The van der Waals surface area contributed by atoms with Crippen molar-refractivity contribution in [2.45, 2.75) is 31.7 Å². The SMILES string of the molecule is Cc1cccc(=O)n1CCC(=O)N1CCC(C(=O)O)(c2ccccc2)C1. The first kappa shape index (κ1) is 17.9. The van der Waals surface area contributed by atoms with Gasteiger partial charge < -0.3 is 14.6 Å². The van der Waals surface area contributed by atoms with Crippen molar-refractivity contribution in [3.05, 3.63) is 70.1 Å². The second-order valence-electron chi connectivity index (χ2n) is 6.73. The summed E-state index contributed by atoms with van der Waals surface area (Å²) in [5.74, 6) is -1.03. The Morgan fingerprint density at radius 3 is 2.50 bits per heavy atom. The van der Waals surface area contributed by atoms with Crippen LogP contribution in [0.15, 0.2) is 53.3 Å². The van der Waals surface area contributed by atoms with Gasteiger partial charge in [-0.2, -0.15) is 0 Å². The fourth-order valence-electron chi connectivity index (χ4n) is 3.59. The topological polar surface area (TPSA) is 79.6 Å². The van der Waals surface area contributed by atoms with E-state index in [-0.39, 0.29) is 24.4 Å². The number of benzene rings is 1. The molecule has 1 fully saturated rings. The van der Waals surface area contributed by atoms with Gasteiger partial charge in [0.1, 0.15) is 5.41 Å². The maximum Gasteiger partial charge on any atom is 0.316 e. The highest BCUT2D eigenvalue weighted by Crippen LogP contribution is 2.35. The van der Waals surface area contributed by atoms with E-state index in [1.165, 1.54) is 6.07 Å². The van der Waals surface area contributed by atoms with Crippen LogP contribution < -0.4 is 5.56 Å². The zero-order valence-electron chi connectivity index (χ0n) is 14.7. The van der Waals surface area contributed by atoms with Crippen LogP contribution in [-0.2, 0) is 21.5 Å². The molecule has 0 radical (unpaired) electrons. The molecule has 0 aliphatic carbocycles. The molecule has 1 aromatic carbocycles. The van der Waals surface area contributed by atoms with E-state index >= 15 is 0 Å². The van der Waals surface area contributed by atoms with Gasteiger partial charge in [0.2, 0.25) is 5.91 Å². The van der Waals surface area contributed by atoms with Crippen LogP contribution in [0.2, 0.25) is 0 Å². The van der Waals surface area contributed by atoms with Gasteiger partial charge in [0, 0.05) is 37.8 Å². The molecular weight excluding hydrogens is 332 g/mol. The highest BCUT2D eigenvalue weighted by molar-refractivity contribution is 5.85. The Morgan fingerprint density at radius 2 is 1.85 bits per heavy atom. The zero-order chi connectivity index (χ0) is 18.7. The van der Waals surface area contributed by atoms with Gasteiger partial charge in [-0.15, -0.1) is 0 Å². The maximum atomic E-state index is 12.6. The number of aryl methyl sites for hydroxylation is 1. The quantitative estimate of drug-likeness (QED) is 0.888. The first-order valence-corrected chi connectivity index (χ1v) is 8.67. The first-order chi connectivity index (χ1) is 12.4. The predicted octanol–water partition coefficient (Wildman–Crippen LogP) is 1.80. The van der Waals surface area contributed by atoms with Gasteiger partial charge in [-0.05, 0) is 25.0 Å². The molecule has 0 bridgehead atoms. The largest absolute Gasteiger partial charge is 0.481 e. The van der Waals surface area contributed by atoms with Crippen LogP contribution in [-0.4, -0.2) is 39.5 Å². The number of hydrogen-bond acceptors (Lipinski definition) is 3. The van der Waals surface area contributed by atoms with Gasteiger partial charge in [-0.3, -0.25) is 14.4 Å². The third-order valence-corrected chi connectivity index (χ3v) is 5.18. The molecule has 0 spiro atoms. The van der Waals surface area contributed by atoms with Crippen LogP contribution in [0.4, 0.5) is 0 Å². The first-order valence-electron chi connectivity index (χ1n) is 8.67. The second-order valence-corrected chi connectivity index (χ2v) is 6.73. The number of amides is 1. The van der Waals surface area contributed by atoms with Gasteiger partial charge in [0.25, 0.3) is 5.56 Å². The van der Waals surface area contributed by atoms with Gasteiger partial charge >= 0.3 is 5.97 Å². The molecule has 0 saturated carbocycles. The predicted molar refractivity (Wildman–Crippen MR) is 97.0 cm³/mol. The highest BCUT2D eigenvalue weighted by Gasteiger charge is 2.47. The summed E-state index contributed by atoms with van der Waals surface area (Å²) >= 11 is 0. The summed E-state index contributed by atoms with van der Waals surface area (Å²) in [4.78, 5) is 38.1. The number of carbonyl (C=O) groups excluding carboxylic acids is 1. The number of carbonyl (C=O) groups is 2. The van der Waals surface area contributed by atoms with E-state index in [1.807, 2.05) is 31.2 Å². The average Bonchev–Trinajstić information content (AvgIpc) is 3.09. The zero-order valence-corrected chi connectivity index (χ0v) is 14.7. The molecule has 1 amide bonds. The summed E-state index contributed by atoms with van der Waals surface area (Å²) in [6.45, 7) is 2.69. The van der Waals surface area contributed by atoms with Gasteiger partial charge in [0.05, 0.1) is 0 Å². The van der Waals surface area contributed by atoms with E-state index in [4.69, 9.17) is 0 Å². The van der Waals surface area contributed by atoms with Gasteiger partial charge in [-0.25, -0.2) is 0 Å². The number of aliphatic carboxylic acids is 1. The third-order valence-electron chi connectivity index (χ3n) is 5.18. The van der Waals surface area contributed by atoms with Crippen molar-refractivity contribution in [1.29, 1.82) is 0 Å². The average molecular weight is 354 g/mol. The summed E-state index contributed by atoms with van der Waals surface area (Å²) < 4.78 is 1.57. The standard InChI is InChI=1S/C20H22N2O4/c1-15-6-5-9-18(24)22(15)12-10-17(23)21-13-11-20(14-21,19(25)26)16-7-3-2-4-8-16/h2-9H,10-14H2,1H3,(H,25,26). The summed E-state index contributed by atoms with van der Waals surface area (Å²) in [5, 5.41) is 9.81. The molecule has 3 rings (SSSR count). The van der Waals surface area contributed by atoms with E-state index < -0.39 is 11.4 Å². The maximum absolute atomic E-state index is 12.6. The van der Waals surface area contributed by atoms with E-state index in [0.717, 1.165) is 11.3 Å². The molecule has 2 heterocycles. The summed E-state index contributed by atoms with van der Waals surface area (Å²) in [5.41, 5.74) is 0.327. The van der Waals surface area contributed by atoms with Crippen molar-refractivity contribution >= 4 is 11.9 Å². The van der Waals surface area contributed by atoms with Crippen molar-refractivity contribution < 1.29 is 14.7 Å². The fourth-order valence-corrected chi connectivity index (χ4v) is 3.59. The lowest BCUT2D eigenvalue weighted by Crippen LogP contribution is -2.40. The fraction of sp³-hybridized carbons (Fsp3) is 0.350. The lowest BCUT2D eigenvalue weighted by molar-refractivity contribution is -0.143. The molecule has 1 N–H and O–H groups in total. The number of aromatic nitrogens is 1. The number of carboxylic acids is 1. The molecule has 1 unspecified atom stereocenters. The van der Waals surface area contributed by atoms with Crippen LogP contribution in [0.1, 0.15) is 24.1 Å². The molecule has 136 valence electrons. The molecular formula is C20H22N2O4. The Kier molecular flexibility index (Phi) is 4.93. The minimum atomic E-state index is -1.06. The van der Waals surface area contributed by atoms with Crippen molar-refractivity contribution in [3.63, 3.8) is 0 Å². The molecule has 1 aliphatic heterocycles. The Morgan fingerprint density at radius 1 is 1.12 bits per heavy atom. The molecule has 26 heavy (non-hydrogen) atoms. The molecule has 1 aromatic heterocycles. The number of likely N-dealkylation sites (tertiary alicyclic amines) is 1. The number of hydrogen-bond donors (Lipinski definition) is 1. The molecule has 1 aliphatic rings. The lowest BCUT2D eigenvalue weighted by atomic mass is 9.80. The van der Waals surface area contributed by atoms with Crippen LogP contribution in [0.5, 0.6) is 0 Å². The Balaban J connectivity index is 1.72. The molecule has 1 atom stereocenters. The number of carboxylic acid groups (broad SMARTS) is 1.